The molecule has 0 heterocycles. The SMILES string of the molecule is COc1ccc(S(=O)(=O)N(C[C@@H](O)[C@@H](N)Cc2ccccc2)CC(C)(C)CCN(Cc2ccccc2)Cc2ccccc2)cc1.[B]C(=O)N[C@@H](Cc1ccccc1)[C@H](O)CN(CC(C)(C)CCN(Cc1ccccc1)Cc1ccccc1)S(=O)(=O)c1ccc(OC)cc1. The average Bonchev–Trinajstić information content (AvgIpc) is 0.861. The Morgan fingerprint density at radius 3 is 1.05 bits per heavy atom. The standard InChI is InChI=1S/C38H46BN3O5S.C37H47N3O4S/c1-38(2,23-24-41(26-31-15-9-5-10-16-31)27-32-17-11-6-12-18-32)29-42(48(45,46)34-21-19-33(47-3)20-22-34)28-36(43)35(40-37(39)44)25-30-13-7-4-8-14-30;1-37(2,23-24-39(26-31-15-9-5-10-16-31)27-32-17-11-6-12-18-32)29-40(45(42,43)34-21-19-33(44-3)20-22-34)28-36(41)35(38)25-30-13-7-4-8-14-30/h4-22,35-36,43H,23-29H2,1-3H3,(H,40,44);4-22,35-36,41H,23-29,38H2,1-3H3/t2*35-,36+/m00/s1. The molecular formula is C75H93BN6O9S2. The van der Waals surface area contributed by atoms with Crippen molar-refractivity contribution in [3.63, 3.8) is 0 Å². The van der Waals surface area contributed by atoms with Crippen molar-refractivity contribution in [3.05, 3.63) is 264 Å². The molecular weight excluding hydrogens is 1200 g/mol. The van der Waals surface area contributed by atoms with Gasteiger partial charge in [-0.15, -0.1) is 0 Å². The highest BCUT2D eigenvalue weighted by atomic mass is 32.2. The molecule has 5 N–H and O–H groups in total. The third-order valence-corrected chi connectivity index (χ3v) is 20.1. The van der Waals surface area contributed by atoms with E-state index in [9.17, 15) is 31.8 Å². The number of nitrogens with zero attached hydrogens (tertiary/aromatic N) is 4. The molecule has 8 aromatic carbocycles. The van der Waals surface area contributed by atoms with Gasteiger partial charge in [0.05, 0.1) is 42.3 Å². The van der Waals surface area contributed by atoms with Crippen molar-refractivity contribution >= 4 is 33.7 Å². The lowest BCUT2D eigenvalue weighted by molar-refractivity contribution is 0.0942. The lowest BCUT2D eigenvalue weighted by Gasteiger charge is -2.36. The van der Waals surface area contributed by atoms with Crippen LogP contribution in [0.4, 0.5) is 4.79 Å². The van der Waals surface area contributed by atoms with E-state index in [1.54, 1.807) is 43.5 Å². The topological polar surface area (TPSA) is 195 Å². The second-order valence-electron chi connectivity index (χ2n) is 25.4. The summed E-state index contributed by atoms with van der Waals surface area (Å²) < 4.78 is 69.8. The fraction of sp³-hybridized carbons (Fsp3) is 0.347. The Hall–Kier alpha value is -7.49. The number of nitrogens with one attached hydrogen (secondary N) is 1. The van der Waals surface area contributed by atoms with Crippen LogP contribution in [0.15, 0.2) is 240 Å². The normalized spacial score (nSPS) is 13.4. The van der Waals surface area contributed by atoms with Gasteiger partial charge in [-0.25, -0.2) is 16.8 Å². The predicted molar refractivity (Wildman–Crippen MR) is 373 cm³/mol. The molecule has 492 valence electrons. The molecule has 0 spiro atoms. The van der Waals surface area contributed by atoms with Crippen LogP contribution in [-0.4, -0.2) is 137 Å². The van der Waals surface area contributed by atoms with Gasteiger partial charge in [0.2, 0.25) is 27.9 Å². The number of benzene rings is 8. The second kappa shape index (κ2) is 35.7. The van der Waals surface area contributed by atoms with Crippen LogP contribution in [0.3, 0.4) is 0 Å². The Labute approximate surface area is 554 Å². The maximum atomic E-state index is 14.2. The Morgan fingerprint density at radius 1 is 0.462 bits per heavy atom. The highest BCUT2D eigenvalue weighted by Gasteiger charge is 2.36. The van der Waals surface area contributed by atoms with Crippen LogP contribution in [0.2, 0.25) is 0 Å². The molecule has 18 heteroatoms. The number of nitrogens with two attached hydrogens (primary N) is 1. The summed E-state index contributed by atoms with van der Waals surface area (Å²) in [6.07, 6.45) is -0.150. The third kappa shape index (κ3) is 24.1. The van der Waals surface area contributed by atoms with Crippen LogP contribution >= 0.6 is 0 Å². The molecule has 2 radical (unpaired) electrons. The molecule has 4 atom stereocenters. The molecule has 0 bridgehead atoms. The van der Waals surface area contributed by atoms with Crippen LogP contribution in [0.25, 0.3) is 0 Å². The summed E-state index contributed by atoms with van der Waals surface area (Å²) in [4.78, 5) is 17.0. The van der Waals surface area contributed by atoms with Crippen LogP contribution in [-0.2, 0) is 59.1 Å². The minimum atomic E-state index is -4.06. The highest BCUT2D eigenvalue weighted by molar-refractivity contribution is 7.89. The summed E-state index contributed by atoms with van der Waals surface area (Å²) in [6.45, 7) is 12.8. The first-order valence-corrected chi connectivity index (χ1v) is 34.5. The number of ether oxygens (including phenoxy) is 2. The number of amides is 1. The van der Waals surface area contributed by atoms with Crippen molar-refractivity contribution in [1.29, 1.82) is 0 Å². The maximum absolute atomic E-state index is 14.2. The molecule has 15 nitrogen and oxygen atoms in total. The molecule has 0 fully saturated rings. The summed E-state index contributed by atoms with van der Waals surface area (Å²) >= 11 is 0. The minimum Gasteiger partial charge on any atom is -0.497 e. The van der Waals surface area contributed by atoms with Gasteiger partial charge in [0.25, 0.3) is 0 Å². The van der Waals surface area contributed by atoms with E-state index in [0.717, 1.165) is 56.8 Å². The fourth-order valence-corrected chi connectivity index (χ4v) is 14.4. The molecule has 0 aromatic heterocycles. The van der Waals surface area contributed by atoms with E-state index >= 15 is 0 Å². The van der Waals surface area contributed by atoms with Gasteiger partial charge in [-0.3, -0.25) is 14.6 Å². The van der Waals surface area contributed by atoms with Crippen LogP contribution in [0, 0.1) is 10.8 Å². The molecule has 93 heavy (non-hydrogen) atoms. The first-order valence-electron chi connectivity index (χ1n) is 31.7. The van der Waals surface area contributed by atoms with Gasteiger partial charge in [-0.05, 0) is 132 Å². The fourth-order valence-electron chi connectivity index (χ4n) is 11.2. The van der Waals surface area contributed by atoms with Crippen molar-refractivity contribution in [3.8, 4) is 11.5 Å². The zero-order valence-corrected chi connectivity index (χ0v) is 56.3. The quantitative estimate of drug-likeness (QED) is 0.0275. The van der Waals surface area contributed by atoms with Crippen LogP contribution in [0.5, 0.6) is 11.5 Å². The van der Waals surface area contributed by atoms with Gasteiger partial charge in [-0.2, -0.15) is 8.61 Å². The summed E-state index contributed by atoms with van der Waals surface area (Å²) in [5, 5.41) is 25.4. The summed E-state index contributed by atoms with van der Waals surface area (Å²) in [5.41, 5.74) is 12.2. The van der Waals surface area contributed by atoms with E-state index in [1.807, 2.05) is 123 Å². The van der Waals surface area contributed by atoms with Gasteiger partial charge in [0, 0.05) is 58.4 Å². The second-order valence-corrected chi connectivity index (χ2v) is 29.3. The zero-order valence-electron chi connectivity index (χ0n) is 54.7. The van der Waals surface area contributed by atoms with Gasteiger partial charge < -0.3 is 30.7 Å². The van der Waals surface area contributed by atoms with Gasteiger partial charge in [0.1, 0.15) is 11.5 Å². The molecule has 1 amide bonds. The first-order chi connectivity index (χ1) is 44.5. The number of rotatable bonds is 35. The van der Waals surface area contributed by atoms with Crippen molar-refractivity contribution in [2.24, 2.45) is 16.6 Å². The molecule has 0 saturated carbocycles. The summed E-state index contributed by atoms with van der Waals surface area (Å²) in [7, 11) is 0.541. The van der Waals surface area contributed by atoms with E-state index in [4.69, 9.17) is 23.1 Å². The van der Waals surface area contributed by atoms with Crippen LogP contribution < -0.4 is 20.5 Å². The number of aliphatic hydroxyl groups is 2. The molecule has 8 rings (SSSR count). The Kier molecular flexibility index (Phi) is 28.0. The zero-order chi connectivity index (χ0) is 66.9. The number of hydrogen-bond acceptors (Lipinski definition) is 12. The summed E-state index contributed by atoms with van der Waals surface area (Å²) in [5.74, 6) is 0.311. The minimum absolute atomic E-state index is 0.0866. The van der Waals surface area contributed by atoms with E-state index in [1.165, 1.54) is 50.1 Å². The molecule has 0 saturated heterocycles. The van der Waals surface area contributed by atoms with Crippen LogP contribution in [0.1, 0.15) is 73.9 Å². The number of methoxy groups -OCH3 is 2. The van der Waals surface area contributed by atoms with E-state index in [2.05, 4.69) is 102 Å². The van der Waals surface area contributed by atoms with Gasteiger partial charge in [0.15, 0.2) is 5.81 Å². The van der Waals surface area contributed by atoms with E-state index in [-0.39, 0.29) is 42.4 Å². The van der Waals surface area contributed by atoms with Crippen molar-refractivity contribution in [2.75, 3.05) is 53.5 Å². The lowest BCUT2D eigenvalue weighted by atomic mass is 9.88. The van der Waals surface area contributed by atoms with Gasteiger partial charge in [-0.1, -0.05) is 210 Å². The monoisotopic (exact) mass is 1300 g/mol. The Bertz CT molecular complexity index is 3600. The highest BCUT2D eigenvalue weighted by Crippen LogP contribution is 2.31. The molecule has 0 aliphatic rings. The molecule has 8 aromatic rings. The smallest absolute Gasteiger partial charge is 0.243 e. The van der Waals surface area contributed by atoms with E-state index in [0.29, 0.717) is 24.3 Å². The molecule has 0 aliphatic carbocycles. The largest absolute Gasteiger partial charge is 0.497 e. The first kappa shape index (κ1) is 72.9. The lowest BCUT2D eigenvalue weighted by Crippen LogP contribution is -2.52. The number of carbonyl (C=O) groups is 1. The number of aliphatic hydroxyl groups excluding tert-OH is 2. The average molecular weight is 1300 g/mol. The van der Waals surface area contributed by atoms with Crippen molar-refractivity contribution in [2.45, 2.75) is 114 Å². The molecule has 0 aliphatic heterocycles. The predicted octanol–water partition coefficient (Wildman–Crippen LogP) is 11.4. The van der Waals surface area contributed by atoms with Crippen molar-refractivity contribution < 1.29 is 41.3 Å². The summed E-state index contributed by atoms with van der Waals surface area (Å²) in [6, 6.07) is 71.6. The maximum Gasteiger partial charge on any atom is 0.243 e. The van der Waals surface area contributed by atoms with Crippen molar-refractivity contribution in [1.82, 2.24) is 23.7 Å². The van der Waals surface area contributed by atoms with Gasteiger partial charge >= 0.3 is 0 Å². The number of hydrogen-bond donors (Lipinski definition) is 4. The third-order valence-electron chi connectivity index (χ3n) is 16.5. The number of sulfonamides is 2. The Balaban J connectivity index is 0.000000264. The molecule has 0 unspecified atom stereocenters. The Morgan fingerprint density at radius 2 is 0.753 bits per heavy atom. The number of carbonyl (C=O) groups excluding carboxylic acids is 1. The van der Waals surface area contributed by atoms with E-state index < -0.39 is 61.0 Å².